The zero-order valence-corrected chi connectivity index (χ0v) is 16.4. The summed E-state index contributed by atoms with van der Waals surface area (Å²) >= 11 is 1.84. The lowest BCUT2D eigenvalue weighted by atomic mass is 9.92. The Bertz CT molecular complexity index is 798. The number of aryl methyl sites for hydroxylation is 4. The molecule has 1 atom stereocenters. The molecule has 0 spiro atoms. The van der Waals surface area contributed by atoms with Crippen LogP contribution in [-0.4, -0.2) is 13.3 Å². The average Bonchev–Trinajstić information content (AvgIpc) is 2.82. The Balaban J connectivity index is 2.19. The van der Waals surface area contributed by atoms with Crippen LogP contribution in [0.4, 0.5) is 0 Å². The van der Waals surface area contributed by atoms with E-state index in [2.05, 4.69) is 32.6 Å². The zero-order valence-electron chi connectivity index (χ0n) is 14.6. The first-order valence-corrected chi connectivity index (χ1v) is 12.5. The van der Waals surface area contributed by atoms with Gasteiger partial charge in [-0.05, 0) is 70.3 Å². The number of hydrogen-bond donors (Lipinski definition) is 0. The highest BCUT2D eigenvalue weighted by molar-refractivity contribution is 7.18. The van der Waals surface area contributed by atoms with Gasteiger partial charge in [-0.15, -0.1) is 11.3 Å². The molecular formula is C18H24N2OSSi. The van der Waals surface area contributed by atoms with E-state index in [0.717, 1.165) is 22.5 Å². The highest BCUT2D eigenvalue weighted by Crippen LogP contribution is 2.40. The highest BCUT2D eigenvalue weighted by atomic mass is 32.1. The molecule has 2 aromatic rings. The molecule has 1 aliphatic carbocycles. The maximum absolute atomic E-state index is 9.67. The van der Waals surface area contributed by atoms with Gasteiger partial charge < -0.3 is 4.43 Å². The first-order valence-electron chi connectivity index (χ1n) is 8.30. The second kappa shape index (κ2) is 6.01. The zero-order chi connectivity index (χ0) is 16.8. The van der Waals surface area contributed by atoms with Crippen molar-refractivity contribution < 1.29 is 4.43 Å². The van der Waals surface area contributed by atoms with Crippen LogP contribution in [0.25, 0.3) is 10.2 Å². The minimum absolute atomic E-state index is 0.502. The third-order valence-corrected chi connectivity index (χ3v) is 6.57. The Labute approximate surface area is 143 Å². The lowest BCUT2D eigenvalue weighted by Gasteiger charge is -2.24. The number of rotatable bonds is 3. The summed E-state index contributed by atoms with van der Waals surface area (Å²) in [7, 11) is -1.80. The predicted molar refractivity (Wildman–Crippen MR) is 98.5 cm³/mol. The molecule has 0 saturated heterocycles. The molecule has 1 unspecified atom stereocenters. The number of aromatic nitrogens is 1. The molecule has 5 heteroatoms. The van der Waals surface area contributed by atoms with Gasteiger partial charge in [0.2, 0.25) is 0 Å². The quantitative estimate of drug-likeness (QED) is 0.718. The van der Waals surface area contributed by atoms with Crippen molar-refractivity contribution in [1.82, 2.24) is 4.98 Å². The molecule has 0 bridgehead atoms. The molecule has 0 amide bonds. The first kappa shape index (κ1) is 16.6. The van der Waals surface area contributed by atoms with E-state index < -0.39 is 14.4 Å². The molecule has 3 nitrogen and oxygen atoms in total. The molecule has 2 aromatic heterocycles. The van der Waals surface area contributed by atoms with E-state index in [1.54, 1.807) is 0 Å². The fourth-order valence-electron chi connectivity index (χ4n) is 3.53. The van der Waals surface area contributed by atoms with Crippen LogP contribution in [0.1, 0.15) is 46.2 Å². The van der Waals surface area contributed by atoms with Crippen LogP contribution in [-0.2, 0) is 17.3 Å². The van der Waals surface area contributed by atoms with Crippen LogP contribution in [0.2, 0.25) is 19.6 Å². The largest absolute Gasteiger partial charge is 0.399 e. The Hall–Kier alpha value is -1.22. The van der Waals surface area contributed by atoms with E-state index in [4.69, 9.17) is 9.41 Å². The van der Waals surface area contributed by atoms with Gasteiger partial charge in [-0.3, -0.25) is 0 Å². The fraction of sp³-hybridized carbons (Fsp3) is 0.556. The van der Waals surface area contributed by atoms with Crippen LogP contribution in [0, 0.1) is 25.2 Å². The number of hydrogen-bond acceptors (Lipinski definition) is 4. The van der Waals surface area contributed by atoms with E-state index in [-0.39, 0.29) is 0 Å². The number of fused-ring (bicyclic) bond motifs is 3. The minimum Gasteiger partial charge on any atom is -0.399 e. The smallest absolute Gasteiger partial charge is 0.186 e. The lowest BCUT2D eigenvalue weighted by Crippen LogP contribution is -2.28. The van der Waals surface area contributed by atoms with Crippen molar-refractivity contribution in [3.63, 3.8) is 0 Å². The fourth-order valence-corrected chi connectivity index (χ4v) is 5.77. The van der Waals surface area contributed by atoms with Gasteiger partial charge in [0.1, 0.15) is 4.83 Å². The molecule has 0 fully saturated rings. The van der Waals surface area contributed by atoms with E-state index >= 15 is 0 Å². The summed E-state index contributed by atoms with van der Waals surface area (Å²) in [6, 6.07) is 2.37. The molecule has 0 aliphatic heterocycles. The summed E-state index contributed by atoms with van der Waals surface area (Å²) < 4.78 is 6.15. The summed E-state index contributed by atoms with van der Waals surface area (Å²) in [5.41, 5.74) is 4.62. The monoisotopic (exact) mass is 344 g/mol. The van der Waals surface area contributed by atoms with Crippen LogP contribution in [0.5, 0.6) is 0 Å². The van der Waals surface area contributed by atoms with E-state index in [9.17, 15) is 5.26 Å². The predicted octanol–water partition coefficient (Wildman–Crippen LogP) is 5.21. The maximum atomic E-state index is 9.67. The molecule has 0 aromatic carbocycles. The van der Waals surface area contributed by atoms with E-state index in [0.29, 0.717) is 0 Å². The molecule has 2 heterocycles. The Morgan fingerprint density at radius 1 is 1.22 bits per heavy atom. The van der Waals surface area contributed by atoms with Gasteiger partial charge in [0.25, 0.3) is 0 Å². The van der Waals surface area contributed by atoms with Crippen LogP contribution < -0.4 is 0 Å². The van der Waals surface area contributed by atoms with Crippen LogP contribution >= 0.6 is 11.3 Å². The average molecular weight is 345 g/mol. The molecule has 122 valence electrons. The van der Waals surface area contributed by atoms with Crippen molar-refractivity contribution in [3.8, 4) is 6.07 Å². The van der Waals surface area contributed by atoms with Gasteiger partial charge in [-0.2, -0.15) is 5.26 Å². The standard InChI is InChI=1S/C18H24N2OSSi/c1-11-16(14(10-19)21-23(3,4)5)12(2)20-18-17(11)13-8-6-7-9-15(13)22-18/h14H,6-9H2,1-5H3. The Kier molecular flexibility index (Phi) is 4.34. The van der Waals surface area contributed by atoms with Crippen molar-refractivity contribution in [1.29, 1.82) is 5.26 Å². The van der Waals surface area contributed by atoms with Crippen molar-refractivity contribution in [2.24, 2.45) is 0 Å². The number of pyridine rings is 1. The van der Waals surface area contributed by atoms with Gasteiger partial charge in [0.15, 0.2) is 14.4 Å². The molecule has 23 heavy (non-hydrogen) atoms. The van der Waals surface area contributed by atoms with Gasteiger partial charge in [0, 0.05) is 21.5 Å². The van der Waals surface area contributed by atoms with Gasteiger partial charge >= 0.3 is 0 Å². The van der Waals surface area contributed by atoms with E-state index in [1.165, 1.54) is 40.7 Å². The van der Waals surface area contributed by atoms with Crippen molar-refractivity contribution in [2.75, 3.05) is 0 Å². The summed E-state index contributed by atoms with van der Waals surface area (Å²) in [6.07, 6.45) is 4.36. The second-order valence-corrected chi connectivity index (χ2v) is 12.9. The van der Waals surface area contributed by atoms with Gasteiger partial charge in [-0.25, -0.2) is 4.98 Å². The Morgan fingerprint density at radius 3 is 2.57 bits per heavy atom. The highest BCUT2D eigenvalue weighted by Gasteiger charge is 2.28. The molecule has 0 saturated carbocycles. The topological polar surface area (TPSA) is 45.9 Å². The minimum atomic E-state index is -1.80. The Morgan fingerprint density at radius 2 is 1.91 bits per heavy atom. The normalized spacial score (nSPS) is 16.2. The second-order valence-electron chi connectivity index (χ2n) is 7.37. The number of nitriles is 1. The SMILES string of the molecule is Cc1nc2sc3c(c2c(C)c1C(C#N)O[Si](C)(C)C)CCCC3. The summed E-state index contributed by atoms with van der Waals surface area (Å²) in [5, 5.41) is 11.0. The summed E-state index contributed by atoms with van der Waals surface area (Å²) in [5.74, 6) is 0. The number of nitrogens with zero attached hydrogens (tertiary/aromatic N) is 2. The lowest BCUT2D eigenvalue weighted by molar-refractivity contribution is 0.253. The molecule has 3 rings (SSSR count). The van der Waals surface area contributed by atoms with Gasteiger partial charge in [0.05, 0.1) is 6.07 Å². The van der Waals surface area contributed by atoms with Crippen molar-refractivity contribution in [2.45, 2.75) is 65.3 Å². The van der Waals surface area contributed by atoms with Crippen molar-refractivity contribution in [3.05, 3.63) is 27.3 Å². The van der Waals surface area contributed by atoms with Gasteiger partial charge in [-0.1, -0.05) is 0 Å². The molecular weight excluding hydrogens is 320 g/mol. The third kappa shape index (κ3) is 3.08. The summed E-state index contributed by atoms with van der Waals surface area (Å²) in [6.45, 7) is 10.5. The first-order chi connectivity index (χ1) is 10.8. The molecule has 0 N–H and O–H groups in total. The molecule has 1 aliphatic rings. The molecule has 0 radical (unpaired) electrons. The number of thiophene rings is 1. The summed E-state index contributed by atoms with van der Waals surface area (Å²) in [4.78, 5) is 7.48. The maximum Gasteiger partial charge on any atom is 0.186 e. The van der Waals surface area contributed by atoms with E-state index in [1.807, 2.05) is 18.3 Å². The van der Waals surface area contributed by atoms with Crippen molar-refractivity contribution >= 4 is 29.9 Å². The third-order valence-electron chi connectivity index (χ3n) is 4.44. The van der Waals surface area contributed by atoms with Crippen LogP contribution in [0.15, 0.2) is 0 Å². The van der Waals surface area contributed by atoms with Crippen LogP contribution in [0.3, 0.4) is 0 Å².